The van der Waals surface area contributed by atoms with E-state index in [1.54, 1.807) is 11.3 Å². The van der Waals surface area contributed by atoms with Gasteiger partial charge in [-0.15, -0.1) is 11.3 Å². The van der Waals surface area contributed by atoms with Crippen LogP contribution in [0.4, 0.5) is 0 Å². The lowest BCUT2D eigenvalue weighted by atomic mass is 9.79. The normalized spacial score (nSPS) is 18.6. The van der Waals surface area contributed by atoms with Crippen LogP contribution >= 0.6 is 11.3 Å². The van der Waals surface area contributed by atoms with Crippen molar-refractivity contribution < 1.29 is 9.31 Å². The maximum absolute atomic E-state index is 6.27. The van der Waals surface area contributed by atoms with E-state index in [-0.39, 0.29) is 18.3 Å². The van der Waals surface area contributed by atoms with Crippen LogP contribution in [0.25, 0.3) is 26.8 Å². The van der Waals surface area contributed by atoms with Gasteiger partial charge in [-0.25, -0.2) is 0 Å². The summed E-state index contributed by atoms with van der Waals surface area (Å²) >= 11 is 1.75. The van der Waals surface area contributed by atoms with Gasteiger partial charge >= 0.3 is 7.12 Å². The first-order chi connectivity index (χ1) is 12.9. The number of hydrogen-bond donors (Lipinski definition) is 0. The third-order valence-corrected chi connectivity index (χ3v) is 6.80. The van der Waals surface area contributed by atoms with E-state index >= 15 is 0 Å². The third-order valence-electron chi connectivity index (χ3n) is 5.95. The zero-order valence-corrected chi connectivity index (χ0v) is 16.8. The molecule has 3 nitrogen and oxygen atoms in total. The minimum absolute atomic E-state index is 0.340. The molecule has 4 aromatic rings. The van der Waals surface area contributed by atoms with E-state index in [0.29, 0.717) is 0 Å². The fraction of sp³-hybridized carbons (Fsp3) is 0.273. The summed E-state index contributed by atoms with van der Waals surface area (Å²) in [5, 5.41) is 5.85. The lowest BCUT2D eigenvalue weighted by Gasteiger charge is -2.32. The van der Waals surface area contributed by atoms with Gasteiger partial charge in [-0.1, -0.05) is 30.3 Å². The molecular formula is C22H22BNO2S. The van der Waals surface area contributed by atoms with Crippen LogP contribution in [0.1, 0.15) is 27.7 Å². The number of para-hydroxylation sites is 1. The summed E-state index contributed by atoms with van der Waals surface area (Å²) < 4.78 is 14.9. The van der Waals surface area contributed by atoms with Crippen molar-refractivity contribution >= 4 is 45.7 Å². The molecule has 0 aliphatic carbocycles. The molecule has 0 amide bonds. The predicted octanol–water partition coefficient (Wildman–Crippen LogP) is 5.14. The van der Waals surface area contributed by atoms with Gasteiger partial charge in [0.25, 0.3) is 0 Å². The van der Waals surface area contributed by atoms with Gasteiger partial charge in [0.15, 0.2) is 0 Å². The zero-order chi connectivity index (χ0) is 18.8. The zero-order valence-electron chi connectivity index (χ0n) is 16.0. The van der Waals surface area contributed by atoms with Gasteiger partial charge in [0.1, 0.15) is 0 Å². The summed E-state index contributed by atoms with van der Waals surface area (Å²) in [5.74, 6) is 0. The van der Waals surface area contributed by atoms with Crippen molar-refractivity contribution in [2.45, 2.75) is 38.9 Å². The quantitative estimate of drug-likeness (QED) is 0.453. The van der Waals surface area contributed by atoms with Crippen LogP contribution in [0.15, 0.2) is 60.0 Å². The highest BCUT2D eigenvalue weighted by molar-refractivity contribution is 7.12. The van der Waals surface area contributed by atoms with Gasteiger partial charge in [-0.2, -0.15) is 0 Å². The summed E-state index contributed by atoms with van der Waals surface area (Å²) in [7, 11) is -0.353. The van der Waals surface area contributed by atoms with Gasteiger partial charge < -0.3 is 13.9 Å². The molecule has 1 saturated heterocycles. The molecule has 0 bridgehead atoms. The number of hydrogen-bond acceptors (Lipinski definition) is 3. The lowest BCUT2D eigenvalue weighted by Crippen LogP contribution is -2.41. The Balaban J connectivity index is 1.73. The average Bonchev–Trinajstić information content (AvgIpc) is 3.30. The minimum Gasteiger partial charge on any atom is -0.399 e. The summed E-state index contributed by atoms with van der Waals surface area (Å²) in [6.45, 7) is 8.37. The minimum atomic E-state index is -0.353. The van der Waals surface area contributed by atoms with Crippen molar-refractivity contribution in [1.82, 2.24) is 4.57 Å². The van der Waals surface area contributed by atoms with E-state index in [9.17, 15) is 0 Å². The lowest BCUT2D eigenvalue weighted by molar-refractivity contribution is 0.00578. The second-order valence-corrected chi connectivity index (χ2v) is 9.09. The topological polar surface area (TPSA) is 23.4 Å². The molecule has 3 heterocycles. The smallest absolute Gasteiger partial charge is 0.399 e. The SMILES string of the molecule is CC1(C)OB(c2ccc3c4ccccc4n(-c4cccs4)c3c2)OC1(C)C. The van der Waals surface area contributed by atoms with Gasteiger partial charge in [0, 0.05) is 10.8 Å². The fourth-order valence-corrected chi connectivity index (χ4v) is 4.50. The molecule has 0 spiro atoms. The molecular weight excluding hydrogens is 353 g/mol. The highest BCUT2D eigenvalue weighted by atomic mass is 32.1. The first-order valence-corrected chi connectivity index (χ1v) is 10.2. The largest absolute Gasteiger partial charge is 0.494 e. The molecule has 2 aromatic carbocycles. The van der Waals surface area contributed by atoms with Crippen molar-refractivity contribution in [2.75, 3.05) is 0 Å². The van der Waals surface area contributed by atoms with Crippen LogP contribution in [-0.4, -0.2) is 22.9 Å². The van der Waals surface area contributed by atoms with E-state index in [2.05, 4.69) is 92.2 Å². The monoisotopic (exact) mass is 375 g/mol. The van der Waals surface area contributed by atoms with Crippen LogP contribution in [0, 0.1) is 0 Å². The molecule has 5 rings (SSSR count). The predicted molar refractivity (Wildman–Crippen MR) is 114 cm³/mol. The molecule has 0 radical (unpaired) electrons. The summed E-state index contributed by atoms with van der Waals surface area (Å²) in [6, 6.07) is 19.4. The molecule has 0 saturated carbocycles. The molecule has 136 valence electrons. The Bertz CT molecular complexity index is 1130. The first-order valence-electron chi connectivity index (χ1n) is 9.30. The average molecular weight is 375 g/mol. The number of fused-ring (bicyclic) bond motifs is 3. The Kier molecular flexibility index (Phi) is 3.61. The van der Waals surface area contributed by atoms with E-state index in [0.717, 1.165) is 5.46 Å². The Morgan fingerprint density at radius 2 is 1.52 bits per heavy atom. The molecule has 2 aromatic heterocycles. The Morgan fingerprint density at radius 1 is 0.815 bits per heavy atom. The van der Waals surface area contributed by atoms with Crippen LogP contribution in [0.2, 0.25) is 0 Å². The first kappa shape index (κ1) is 17.1. The van der Waals surface area contributed by atoms with E-state index in [1.807, 2.05) is 0 Å². The number of thiophene rings is 1. The van der Waals surface area contributed by atoms with Crippen LogP contribution in [-0.2, 0) is 9.31 Å². The van der Waals surface area contributed by atoms with Crippen molar-refractivity contribution in [1.29, 1.82) is 0 Å². The Morgan fingerprint density at radius 3 is 2.22 bits per heavy atom. The summed E-state index contributed by atoms with van der Waals surface area (Å²) in [4.78, 5) is 0. The molecule has 0 atom stereocenters. The van der Waals surface area contributed by atoms with Crippen molar-refractivity contribution in [3.63, 3.8) is 0 Å². The number of rotatable bonds is 2. The number of benzene rings is 2. The van der Waals surface area contributed by atoms with E-state index in [1.165, 1.54) is 26.8 Å². The molecule has 0 unspecified atom stereocenters. The molecule has 1 aliphatic heterocycles. The number of aromatic nitrogens is 1. The van der Waals surface area contributed by atoms with Crippen molar-refractivity contribution in [3.8, 4) is 5.00 Å². The standard InChI is InChI=1S/C22H22BNO2S/c1-21(2)22(3,4)26-23(25-21)15-11-12-17-16-8-5-6-9-18(16)24(19(17)14-15)20-10-7-13-27-20/h5-14H,1-4H3. The van der Waals surface area contributed by atoms with Gasteiger partial charge in [-0.3, -0.25) is 0 Å². The second-order valence-electron chi connectivity index (χ2n) is 8.17. The summed E-state index contributed by atoms with van der Waals surface area (Å²) in [5.41, 5.74) is 2.79. The highest BCUT2D eigenvalue weighted by Gasteiger charge is 2.51. The van der Waals surface area contributed by atoms with E-state index < -0.39 is 0 Å². The van der Waals surface area contributed by atoms with E-state index in [4.69, 9.17) is 9.31 Å². The molecule has 1 fully saturated rings. The fourth-order valence-electron chi connectivity index (χ4n) is 3.75. The molecule has 5 heteroatoms. The van der Waals surface area contributed by atoms with Gasteiger partial charge in [0.05, 0.1) is 27.2 Å². The maximum Gasteiger partial charge on any atom is 0.494 e. The van der Waals surface area contributed by atoms with Gasteiger partial charge in [0.2, 0.25) is 0 Å². The molecule has 1 aliphatic rings. The second kappa shape index (κ2) is 5.71. The van der Waals surface area contributed by atoms with Crippen LogP contribution in [0.5, 0.6) is 0 Å². The van der Waals surface area contributed by atoms with Crippen molar-refractivity contribution in [3.05, 3.63) is 60.0 Å². The maximum atomic E-state index is 6.27. The Labute approximate surface area is 163 Å². The number of nitrogens with zero attached hydrogens (tertiary/aromatic N) is 1. The Hall–Kier alpha value is -2.08. The third kappa shape index (κ3) is 2.49. The molecule has 27 heavy (non-hydrogen) atoms. The van der Waals surface area contributed by atoms with Gasteiger partial charge in [-0.05, 0) is 62.8 Å². The van der Waals surface area contributed by atoms with Crippen molar-refractivity contribution in [2.24, 2.45) is 0 Å². The highest BCUT2D eigenvalue weighted by Crippen LogP contribution is 2.37. The summed E-state index contributed by atoms with van der Waals surface area (Å²) in [6.07, 6.45) is 0. The van der Waals surface area contributed by atoms with Crippen LogP contribution < -0.4 is 5.46 Å². The molecule has 0 N–H and O–H groups in total. The van der Waals surface area contributed by atoms with Crippen LogP contribution in [0.3, 0.4) is 0 Å².